The van der Waals surface area contributed by atoms with E-state index >= 15 is 0 Å². The second-order valence-corrected chi connectivity index (χ2v) is 6.75. The Kier molecular flexibility index (Phi) is 4.76. The van der Waals surface area contributed by atoms with Crippen molar-refractivity contribution in [2.75, 3.05) is 5.32 Å². The molecule has 0 aliphatic heterocycles. The Morgan fingerprint density at radius 1 is 0.966 bits per heavy atom. The van der Waals surface area contributed by atoms with Crippen LogP contribution in [-0.4, -0.2) is 15.7 Å². The molecule has 0 fully saturated rings. The Balaban J connectivity index is 1.71. The Morgan fingerprint density at radius 3 is 2.34 bits per heavy atom. The van der Waals surface area contributed by atoms with E-state index in [1.165, 1.54) is 24.3 Å². The Labute approximate surface area is 168 Å². The number of amides is 1. The largest absolute Gasteiger partial charge is 0.434 e. The molecule has 3 aromatic carbocycles. The molecular formula is C21H13ClF3N3O. The second kappa shape index (κ2) is 7.25. The third-order valence-electron chi connectivity index (χ3n) is 4.36. The van der Waals surface area contributed by atoms with E-state index in [4.69, 9.17) is 11.6 Å². The van der Waals surface area contributed by atoms with Crippen molar-refractivity contribution in [3.8, 4) is 5.69 Å². The molecule has 1 heterocycles. The smallest absolute Gasteiger partial charge is 0.322 e. The first-order chi connectivity index (χ1) is 13.8. The third kappa shape index (κ3) is 3.82. The minimum Gasteiger partial charge on any atom is -0.322 e. The lowest BCUT2D eigenvalue weighted by molar-refractivity contribution is -0.143. The summed E-state index contributed by atoms with van der Waals surface area (Å²) in [5.41, 5.74) is -1.19. The fraction of sp³-hybridized carbons (Fsp3) is 0.0476. The molecule has 4 nitrogen and oxygen atoms in total. The molecule has 0 aliphatic rings. The van der Waals surface area contributed by atoms with E-state index in [0.717, 1.165) is 17.0 Å². The predicted molar refractivity (Wildman–Crippen MR) is 105 cm³/mol. The average molecular weight is 416 g/mol. The molecule has 0 atom stereocenters. The predicted octanol–water partition coefficient (Wildman–Crippen LogP) is 5.95. The zero-order valence-corrected chi connectivity index (χ0v) is 15.5. The minimum absolute atomic E-state index is 0.145. The van der Waals surface area contributed by atoms with Gasteiger partial charge in [-0.3, -0.25) is 4.79 Å². The number of anilines is 1. The highest BCUT2D eigenvalue weighted by Gasteiger charge is 2.40. The summed E-state index contributed by atoms with van der Waals surface area (Å²) >= 11 is 5.80. The van der Waals surface area contributed by atoms with Gasteiger partial charge in [0, 0.05) is 10.7 Å². The highest BCUT2D eigenvalue weighted by Crippen LogP contribution is 2.34. The van der Waals surface area contributed by atoms with Gasteiger partial charge in [0.25, 0.3) is 5.91 Å². The van der Waals surface area contributed by atoms with Gasteiger partial charge in [-0.05, 0) is 47.2 Å². The van der Waals surface area contributed by atoms with Gasteiger partial charge in [0.1, 0.15) is 0 Å². The summed E-state index contributed by atoms with van der Waals surface area (Å²) in [5, 5.41) is 8.50. The molecule has 0 bridgehead atoms. The van der Waals surface area contributed by atoms with Gasteiger partial charge in [-0.25, -0.2) is 4.68 Å². The molecule has 0 saturated heterocycles. The first-order valence-corrected chi connectivity index (χ1v) is 8.92. The fourth-order valence-electron chi connectivity index (χ4n) is 3.03. The number of hydrogen-bond acceptors (Lipinski definition) is 2. The first kappa shape index (κ1) is 19.0. The van der Waals surface area contributed by atoms with Crippen molar-refractivity contribution in [3.63, 3.8) is 0 Å². The van der Waals surface area contributed by atoms with Crippen LogP contribution >= 0.6 is 11.6 Å². The van der Waals surface area contributed by atoms with Crippen molar-refractivity contribution in [2.24, 2.45) is 0 Å². The highest BCUT2D eigenvalue weighted by molar-refractivity contribution is 6.30. The van der Waals surface area contributed by atoms with Crippen molar-refractivity contribution in [2.45, 2.75) is 6.18 Å². The number of carbonyl (C=O) groups excluding carboxylic acids is 1. The lowest BCUT2D eigenvalue weighted by Crippen LogP contribution is -2.20. The van der Waals surface area contributed by atoms with Gasteiger partial charge in [-0.15, -0.1) is 0 Å². The van der Waals surface area contributed by atoms with E-state index in [9.17, 15) is 18.0 Å². The summed E-state index contributed by atoms with van der Waals surface area (Å²) < 4.78 is 41.9. The van der Waals surface area contributed by atoms with Crippen molar-refractivity contribution in [1.29, 1.82) is 0 Å². The van der Waals surface area contributed by atoms with Gasteiger partial charge < -0.3 is 5.32 Å². The van der Waals surface area contributed by atoms with Crippen molar-refractivity contribution in [1.82, 2.24) is 9.78 Å². The van der Waals surface area contributed by atoms with Crippen LogP contribution in [0.4, 0.5) is 18.9 Å². The Morgan fingerprint density at radius 2 is 1.66 bits per heavy atom. The van der Waals surface area contributed by atoms with Crippen LogP contribution in [0.1, 0.15) is 16.1 Å². The zero-order valence-electron chi connectivity index (χ0n) is 14.7. The summed E-state index contributed by atoms with van der Waals surface area (Å²) in [4.78, 5) is 12.6. The second-order valence-electron chi connectivity index (χ2n) is 6.31. The number of alkyl halides is 3. The lowest BCUT2D eigenvalue weighted by Gasteiger charge is -2.13. The number of rotatable bonds is 3. The number of nitrogens with zero attached hydrogens (tertiary/aromatic N) is 2. The molecular weight excluding hydrogens is 403 g/mol. The van der Waals surface area contributed by atoms with E-state index in [2.05, 4.69) is 10.4 Å². The summed E-state index contributed by atoms with van der Waals surface area (Å²) in [5.74, 6) is -0.896. The Hall–Kier alpha value is -3.32. The maximum absolute atomic E-state index is 13.7. The van der Waals surface area contributed by atoms with Gasteiger partial charge in [0.15, 0.2) is 5.69 Å². The van der Waals surface area contributed by atoms with Crippen molar-refractivity contribution in [3.05, 3.63) is 89.2 Å². The van der Waals surface area contributed by atoms with Gasteiger partial charge in [0.2, 0.25) is 0 Å². The molecule has 0 aliphatic carbocycles. The lowest BCUT2D eigenvalue weighted by atomic mass is 10.1. The van der Waals surface area contributed by atoms with Gasteiger partial charge in [0.05, 0.1) is 17.4 Å². The van der Waals surface area contributed by atoms with Crippen molar-refractivity contribution < 1.29 is 18.0 Å². The number of halogens is 4. The molecule has 1 N–H and O–H groups in total. The highest BCUT2D eigenvalue weighted by atomic mass is 35.5. The number of aromatic nitrogens is 2. The first-order valence-electron chi connectivity index (χ1n) is 8.54. The van der Waals surface area contributed by atoms with Crippen LogP contribution in [0.5, 0.6) is 0 Å². The SMILES string of the molecule is O=C(Nc1ccc2ccccc2c1)c1cnn(-c2ccc(Cl)cc2)c1C(F)(F)F. The number of hydrogen-bond donors (Lipinski definition) is 1. The zero-order chi connectivity index (χ0) is 20.6. The normalized spacial score (nSPS) is 11.6. The topological polar surface area (TPSA) is 46.9 Å². The fourth-order valence-corrected chi connectivity index (χ4v) is 3.16. The summed E-state index contributed by atoms with van der Waals surface area (Å²) in [6.45, 7) is 0. The Bertz CT molecular complexity index is 1200. The number of benzene rings is 3. The number of fused-ring (bicyclic) bond motifs is 1. The van der Waals surface area contributed by atoms with Crippen LogP contribution in [-0.2, 0) is 6.18 Å². The molecule has 0 radical (unpaired) electrons. The molecule has 146 valence electrons. The maximum Gasteiger partial charge on any atom is 0.434 e. The average Bonchev–Trinajstić information content (AvgIpc) is 3.14. The summed E-state index contributed by atoms with van der Waals surface area (Å²) in [7, 11) is 0. The molecule has 1 aromatic heterocycles. The third-order valence-corrected chi connectivity index (χ3v) is 4.61. The molecule has 0 unspecified atom stereocenters. The molecule has 1 amide bonds. The number of carbonyl (C=O) groups is 1. The molecule has 0 spiro atoms. The quantitative estimate of drug-likeness (QED) is 0.449. The van der Waals surface area contributed by atoms with Crippen LogP contribution in [0.2, 0.25) is 5.02 Å². The van der Waals surface area contributed by atoms with Crippen LogP contribution in [0.3, 0.4) is 0 Å². The number of nitrogens with one attached hydrogen (secondary N) is 1. The molecule has 4 aromatic rings. The van der Waals surface area contributed by atoms with Gasteiger partial charge >= 0.3 is 6.18 Å². The van der Waals surface area contributed by atoms with Gasteiger partial charge in [-0.2, -0.15) is 18.3 Å². The molecule has 4 rings (SSSR count). The standard InChI is InChI=1S/C21H13ClF3N3O/c22-15-6-9-17(10-7-15)28-19(21(23,24)25)18(12-26-28)20(29)27-16-8-5-13-3-1-2-4-14(13)11-16/h1-12H,(H,27,29). The van der Waals surface area contributed by atoms with Crippen LogP contribution in [0.25, 0.3) is 16.5 Å². The maximum atomic E-state index is 13.7. The van der Waals surface area contributed by atoms with Crippen LogP contribution < -0.4 is 5.32 Å². The minimum atomic E-state index is -4.79. The van der Waals surface area contributed by atoms with Crippen LogP contribution in [0.15, 0.2) is 72.9 Å². The van der Waals surface area contributed by atoms with E-state index in [1.54, 1.807) is 18.2 Å². The van der Waals surface area contributed by atoms with E-state index in [0.29, 0.717) is 15.4 Å². The van der Waals surface area contributed by atoms with E-state index in [-0.39, 0.29) is 5.69 Å². The van der Waals surface area contributed by atoms with Crippen LogP contribution in [0, 0.1) is 0 Å². The van der Waals surface area contributed by atoms with E-state index < -0.39 is 23.3 Å². The molecule has 0 saturated carbocycles. The van der Waals surface area contributed by atoms with E-state index in [1.807, 2.05) is 24.3 Å². The monoisotopic (exact) mass is 415 g/mol. The summed E-state index contributed by atoms with van der Waals surface area (Å²) in [6.07, 6.45) is -3.87. The van der Waals surface area contributed by atoms with Gasteiger partial charge in [-0.1, -0.05) is 41.9 Å². The van der Waals surface area contributed by atoms with Crippen molar-refractivity contribution >= 4 is 34.0 Å². The molecule has 8 heteroatoms. The summed E-state index contributed by atoms with van der Waals surface area (Å²) in [6, 6.07) is 18.3. The molecule has 29 heavy (non-hydrogen) atoms.